The lowest BCUT2D eigenvalue weighted by Crippen LogP contribution is -2.34. The second kappa shape index (κ2) is 2.51. The van der Waals surface area contributed by atoms with Crippen LogP contribution in [-0.4, -0.2) is 28.2 Å². The minimum absolute atomic E-state index is 0.0420. The van der Waals surface area contributed by atoms with Crippen LogP contribution in [0.4, 0.5) is 4.79 Å². The minimum atomic E-state index is -0.0420. The number of fused-ring (bicyclic) bond motifs is 1. The third-order valence-electron chi connectivity index (χ3n) is 2.02. The number of carbonyl (C=O) groups excluding carboxylic acids is 1. The molecule has 0 spiro atoms. The van der Waals surface area contributed by atoms with Gasteiger partial charge in [-0.2, -0.15) is 5.10 Å². The Kier molecular flexibility index (Phi) is 1.49. The molecule has 0 atom stereocenters. The SMILES string of the molecule is CNC(=O)N1Cc2cn[nH]c2C1. The van der Waals surface area contributed by atoms with E-state index in [-0.39, 0.29) is 6.03 Å². The Hall–Kier alpha value is -1.52. The standard InChI is InChI=1S/C7H10N4O/c1-8-7(12)11-3-5-2-9-10-6(5)4-11/h2H,3-4H2,1H3,(H,8,12)(H,9,10). The lowest BCUT2D eigenvalue weighted by atomic mass is 10.3. The van der Waals surface area contributed by atoms with Crippen molar-refractivity contribution in [1.29, 1.82) is 0 Å². The summed E-state index contributed by atoms with van der Waals surface area (Å²) in [5, 5.41) is 9.32. The maximum absolute atomic E-state index is 11.2. The van der Waals surface area contributed by atoms with Crippen molar-refractivity contribution in [3.05, 3.63) is 17.5 Å². The van der Waals surface area contributed by atoms with Gasteiger partial charge in [-0.05, 0) is 0 Å². The fraction of sp³-hybridized carbons (Fsp3) is 0.429. The molecule has 0 saturated carbocycles. The summed E-state index contributed by atoms with van der Waals surface area (Å²) in [7, 11) is 1.63. The number of carbonyl (C=O) groups is 1. The van der Waals surface area contributed by atoms with Crippen LogP contribution in [-0.2, 0) is 13.1 Å². The molecule has 1 aliphatic heterocycles. The predicted octanol–water partition coefficient (Wildman–Crippen LogP) is 0.0647. The van der Waals surface area contributed by atoms with Gasteiger partial charge in [0.15, 0.2) is 0 Å². The first-order chi connectivity index (χ1) is 5.81. The molecule has 2 amide bonds. The van der Waals surface area contributed by atoms with Crippen LogP contribution < -0.4 is 5.32 Å². The van der Waals surface area contributed by atoms with Gasteiger partial charge >= 0.3 is 6.03 Å². The van der Waals surface area contributed by atoms with Gasteiger partial charge < -0.3 is 10.2 Å². The Morgan fingerprint density at radius 3 is 3.25 bits per heavy atom. The molecule has 1 aliphatic rings. The summed E-state index contributed by atoms with van der Waals surface area (Å²) in [6.07, 6.45) is 1.76. The quantitative estimate of drug-likeness (QED) is 0.572. The first kappa shape index (κ1) is 7.15. The Bertz CT molecular complexity index is 286. The number of rotatable bonds is 0. The average molecular weight is 166 g/mol. The van der Waals surface area contributed by atoms with Gasteiger partial charge in [-0.3, -0.25) is 5.10 Å². The molecule has 2 rings (SSSR count). The first-order valence-electron chi connectivity index (χ1n) is 3.79. The molecule has 1 aromatic heterocycles. The molecule has 0 bridgehead atoms. The van der Waals surface area contributed by atoms with E-state index in [0.717, 1.165) is 11.3 Å². The minimum Gasteiger partial charge on any atom is -0.341 e. The van der Waals surface area contributed by atoms with Crippen LogP contribution in [0.3, 0.4) is 0 Å². The van der Waals surface area contributed by atoms with Crippen molar-refractivity contribution in [3.8, 4) is 0 Å². The van der Waals surface area contributed by atoms with E-state index in [1.807, 2.05) is 0 Å². The number of nitrogens with one attached hydrogen (secondary N) is 2. The zero-order valence-corrected chi connectivity index (χ0v) is 6.79. The normalized spacial score (nSPS) is 14.6. The molecule has 2 N–H and O–H groups in total. The van der Waals surface area contributed by atoms with E-state index in [1.54, 1.807) is 18.1 Å². The number of urea groups is 1. The highest BCUT2D eigenvalue weighted by Crippen LogP contribution is 2.19. The second-order valence-corrected chi connectivity index (χ2v) is 2.79. The van der Waals surface area contributed by atoms with Gasteiger partial charge in [0.25, 0.3) is 0 Å². The van der Waals surface area contributed by atoms with Gasteiger partial charge in [0, 0.05) is 12.6 Å². The van der Waals surface area contributed by atoms with E-state index in [4.69, 9.17) is 0 Å². The van der Waals surface area contributed by atoms with E-state index in [0.29, 0.717) is 13.1 Å². The van der Waals surface area contributed by atoms with E-state index < -0.39 is 0 Å². The Balaban J connectivity index is 2.12. The number of hydrogen-bond donors (Lipinski definition) is 2. The molecule has 0 radical (unpaired) electrons. The summed E-state index contributed by atoms with van der Waals surface area (Å²) in [4.78, 5) is 12.9. The van der Waals surface area contributed by atoms with Crippen LogP contribution in [0.25, 0.3) is 0 Å². The van der Waals surface area contributed by atoms with E-state index in [9.17, 15) is 4.79 Å². The Morgan fingerprint density at radius 2 is 2.58 bits per heavy atom. The van der Waals surface area contributed by atoms with Crippen molar-refractivity contribution in [2.75, 3.05) is 7.05 Å². The number of aromatic nitrogens is 2. The van der Waals surface area contributed by atoms with Gasteiger partial charge in [0.05, 0.1) is 25.0 Å². The molecule has 5 heteroatoms. The number of nitrogens with zero attached hydrogens (tertiary/aromatic N) is 2. The molecular formula is C7H10N4O. The smallest absolute Gasteiger partial charge is 0.317 e. The Morgan fingerprint density at radius 1 is 1.75 bits per heavy atom. The van der Waals surface area contributed by atoms with Gasteiger partial charge in [0.2, 0.25) is 0 Å². The van der Waals surface area contributed by atoms with Gasteiger partial charge in [-0.1, -0.05) is 0 Å². The third kappa shape index (κ3) is 0.939. The van der Waals surface area contributed by atoms with E-state index >= 15 is 0 Å². The van der Waals surface area contributed by atoms with Crippen LogP contribution in [0.2, 0.25) is 0 Å². The van der Waals surface area contributed by atoms with E-state index in [2.05, 4.69) is 15.5 Å². The molecule has 0 aromatic carbocycles. The van der Waals surface area contributed by atoms with Crippen LogP contribution >= 0.6 is 0 Å². The highest BCUT2D eigenvalue weighted by molar-refractivity contribution is 5.74. The zero-order chi connectivity index (χ0) is 8.55. The summed E-state index contributed by atoms with van der Waals surface area (Å²) >= 11 is 0. The number of H-pyrrole nitrogens is 1. The summed E-state index contributed by atoms with van der Waals surface area (Å²) in [6.45, 7) is 1.29. The molecule has 0 aliphatic carbocycles. The molecule has 12 heavy (non-hydrogen) atoms. The predicted molar refractivity (Wildman–Crippen MR) is 42.3 cm³/mol. The molecule has 1 aromatic rings. The highest BCUT2D eigenvalue weighted by atomic mass is 16.2. The van der Waals surface area contributed by atoms with Crippen molar-refractivity contribution >= 4 is 6.03 Å². The third-order valence-corrected chi connectivity index (χ3v) is 2.02. The monoisotopic (exact) mass is 166 g/mol. The van der Waals surface area contributed by atoms with Crippen molar-refractivity contribution in [2.45, 2.75) is 13.1 Å². The summed E-state index contributed by atoms with van der Waals surface area (Å²) in [5.41, 5.74) is 2.15. The van der Waals surface area contributed by atoms with Gasteiger partial charge in [0.1, 0.15) is 0 Å². The van der Waals surface area contributed by atoms with Crippen LogP contribution in [0.15, 0.2) is 6.20 Å². The van der Waals surface area contributed by atoms with Crippen molar-refractivity contribution in [2.24, 2.45) is 0 Å². The summed E-state index contributed by atoms with van der Waals surface area (Å²) < 4.78 is 0. The van der Waals surface area contributed by atoms with Gasteiger partial charge in [-0.25, -0.2) is 4.79 Å². The van der Waals surface area contributed by atoms with Gasteiger partial charge in [-0.15, -0.1) is 0 Å². The molecule has 2 heterocycles. The summed E-state index contributed by atoms with van der Waals surface area (Å²) in [5.74, 6) is 0. The lowest BCUT2D eigenvalue weighted by Gasteiger charge is -2.13. The highest BCUT2D eigenvalue weighted by Gasteiger charge is 2.23. The fourth-order valence-corrected chi connectivity index (χ4v) is 1.37. The van der Waals surface area contributed by atoms with Crippen LogP contribution in [0.1, 0.15) is 11.3 Å². The van der Waals surface area contributed by atoms with Crippen molar-refractivity contribution in [1.82, 2.24) is 20.4 Å². The molecule has 0 unspecified atom stereocenters. The first-order valence-corrected chi connectivity index (χ1v) is 3.79. The zero-order valence-electron chi connectivity index (χ0n) is 6.79. The van der Waals surface area contributed by atoms with Crippen molar-refractivity contribution in [3.63, 3.8) is 0 Å². The fourth-order valence-electron chi connectivity index (χ4n) is 1.37. The average Bonchev–Trinajstić information content (AvgIpc) is 2.60. The largest absolute Gasteiger partial charge is 0.341 e. The number of hydrogen-bond acceptors (Lipinski definition) is 2. The lowest BCUT2D eigenvalue weighted by molar-refractivity contribution is 0.200. The topological polar surface area (TPSA) is 61.0 Å². The summed E-state index contributed by atoms with van der Waals surface area (Å²) in [6, 6.07) is -0.0420. The maximum Gasteiger partial charge on any atom is 0.317 e. The van der Waals surface area contributed by atoms with Crippen LogP contribution in [0, 0.1) is 0 Å². The molecule has 5 nitrogen and oxygen atoms in total. The number of aromatic amines is 1. The van der Waals surface area contributed by atoms with Crippen molar-refractivity contribution < 1.29 is 4.79 Å². The Labute approximate surface area is 69.8 Å². The molecule has 0 fully saturated rings. The molecule has 64 valence electrons. The molecular weight excluding hydrogens is 156 g/mol. The second-order valence-electron chi connectivity index (χ2n) is 2.79. The molecule has 0 saturated heterocycles. The van der Waals surface area contributed by atoms with Crippen LogP contribution in [0.5, 0.6) is 0 Å². The maximum atomic E-state index is 11.2. The van der Waals surface area contributed by atoms with E-state index in [1.165, 1.54) is 0 Å². The number of amides is 2.